The second-order valence-corrected chi connectivity index (χ2v) is 3.56. The molecule has 0 saturated carbocycles. The first kappa shape index (κ1) is 11.3. The lowest BCUT2D eigenvalue weighted by Gasteiger charge is -2.17. The minimum absolute atomic E-state index is 0.827. The third-order valence-electron chi connectivity index (χ3n) is 2.39. The third-order valence-corrected chi connectivity index (χ3v) is 2.39. The van der Waals surface area contributed by atoms with Crippen LogP contribution in [0.4, 0.5) is 17.3 Å². The second kappa shape index (κ2) is 5.25. The quantitative estimate of drug-likeness (QED) is 0.869. The highest BCUT2D eigenvalue weighted by molar-refractivity contribution is 5.60. The monoisotopic (exact) mass is 229 g/mol. The molecule has 0 bridgehead atoms. The lowest BCUT2D eigenvalue weighted by atomic mass is 10.3. The van der Waals surface area contributed by atoms with Gasteiger partial charge in [-0.2, -0.15) is 0 Å². The van der Waals surface area contributed by atoms with E-state index in [2.05, 4.69) is 20.3 Å². The van der Waals surface area contributed by atoms with Crippen LogP contribution in [-0.4, -0.2) is 28.5 Å². The zero-order valence-electron chi connectivity index (χ0n) is 9.96. The summed E-state index contributed by atoms with van der Waals surface area (Å²) in [6.45, 7) is 2.87. The zero-order chi connectivity index (χ0) is 12.1. The molecule has 17 heavy (non-hydrogen) atoms. The van der Waals surface area contributed by atoms with E-state index in [9.17, 15) is 0 Å². The highest BCUT2D eigenvalue weighted by Crippen LogP contribution is 2.21. The molecule has 0 aliphatic rings. The number of hydrogen-bond donors (Lipinski definition) is 1. The Morgan fingerprint density at radius 2 is 2.24 bits per heavy atom. The van der Waals surface area contributed by atoms with Crippen LogP contribution in [0, 0.1) is 0 Å². The Kier molecular flexibility index (Phi) is 3.49. The van der Waals surface area contributed by atoms with Gasteiger partial charge in [-0.15, -0.1) is 0 Å². The van der Waals surface area contributed by atoms with E-state index >= 15 is 0 Å². The van der Waals surface area contributed by atoms with Gasteiger partial charge < -0.3 is 10.2 Å². The Hall–Kier alpha value is -2.17. The maximum absolute atomic E-state index is 4.24. The number of nitrogens with one attached hydrogen (secondary N) is 1. The van der Waals surface area contributed by atoms with Gasteiger partial charge in [0, 0.05) is 25.9 Å². The van der Waals surface area contributed by atoms with Crippen LogP contribution in [0.15, 0.2) is 36.9 Å². The summed E-state index contributed by atoms with van der Waals surface area (Å²) in [6.07, 6.45) is 5.11. The maximum atomic E-state index is 4.24. The summed E-state index contributed by atoms with van der Waals surface area (Å²) in [5.74, 6) is 1.66. The molecule has 0 aromatic carbocycles. The topological polar surface area (TPSA) is 53.9 Å². The molecule has 0 radical (unpaired) electrons. The first-order valence-corrected chi connectivity index (χ1v) is 5.51. The Bertz CT molecular complexity index is 471. The zero-order valence-corrected chi connectivity index (χ0v) is 9.96. The predicted molar refractivity (Wildman–Crippen MR) is 68.5 cm³/mol. The summed E-state index contributed by atoms with van der Waals surface area (Å²) in [5, 5.41) is 3.16. The molecule has 2 aromatic heterocycles. The van der Waals surface area contributed by atoms with E-state index in [1.54, 1.807) is 18.7 Å². The minimum atomic E-state index is 0.827. The van der Waals surface area contributed by atoms with E-state index in [1.165, 1.54) is 0 Å². The molecular formula is C12H15N5. The van der Waals surface area contributed by atoms with Gasteiger partial charge in [0.05, 0.1) is 11.9 Å². The SMILES string of the molecule is CCNc1cc(N(C)c2cccnc2)ncn1. The van der Waals surface area contributed by atoms with Crippen LogP contribution in [0.1, 0.15) is 6.92 Å². The van der Waals surface area contributed by atoms with Crippen molar-refractivity contribution in [2.24, 2.45) is 0 Å². The smallest absolute Gasteiger partial charge is 0.138 e. The largest absolute Gasteiger partial charge is 0.370 e. The molecule has 0 aliphatic carbocycles. The molecule has 5 nitrogen and oxygen atoms in total. The number of anilines is 3. The van der Waals surface area contributed by atoms with Crippen LogP contribution in [0.25, 0.3) is 0 Å². The van der Waals surface area contributed by atoms with Crippen molar-refractivity contribution in [1.29, 1.82) is 0 Å². The molecule has 1 N–H and O–H groups in total. The fourth-order valence-corrected chi connectivity index (χ4v) is 1.49. The van der Waals surface area contributed by atoms with E-state index in [0.29, 0.717) is 0 Å². The fraction of sp³-hybridized carbons (Fsp3) is 0.250. The van der Waals surface area contributed by atoms with Crippen molar-refractivity contribution in [3.63, 3.8) is 0 Å². The van der Waals surface area contributed by atoms with Gasteiger partial charge in [-0.05, 0) is 19.1 Å². The molecule has 0 spiro atoms. The van der Waals surface area contributed by atoms with Crippen LogP contribution in [0.3, 0.4) is 0 Å². The van der Waals surface area contributed by atoms with Gasteiger partial charge in [0.2, 0.25) is 0 Å². The van der Waals surface area contributed by atoms with Crippen LogP contribution < -0.4 is 10.2 Å². The Morgan fingerprint density at radius 3 is 2.94 bits per heavy atom. The maximum Gasteiger partial charge on any atom is 0.138 e. The summed E-state index contributed by atoms with van der Waals surface area (Å²) < 4.78 is 0. The van der Waals surface area contributed by atoms with Crippen molar-refractivity contribution >= 4 is 17.3 Å². The molecule has 0 fully saturated rings. The molecule has 5 heteroatoms. The van der Waals surface area contributed by atoms with Gasteiger partial charge >= 0.3 is 0 Å². The minimum Gasteiger partial charge on any atom is -0.370 e. The molecule has 0 saturated heterocycles. The highest BCUT2D eigenvalue weighted by Gasteiger charge is 2.06. The van der Waals surface area contributed by atoms with Gasteiger partial charge in [-0.1, -0.05) is 0 Å². The molecule has 0 atom stereocenters. The van der Waals surface area contributed by atoms with Crippen molar-refractivity contribution in [1.82, 2.24) is 15.0 Å². The lowest BCUT2D eigenvalue weighted by Crippen LogP contribution is -2.12. The molecule has 2 aromatic rings. The highest BCUT2D eigenvalue weighted by atomic mass is 15.2. The van der Waals surface area contributed by atoms with Gasteiger partial charge in [0.25, 0.3) is 0 Å². The van der Waals surface area contributed by atoms with Crippen molar-refractivity contribution in [2.45, 2.75) is 6.92 Å². The number of hydrogen-bond acceptors (Lipinski definition) is 5. The molecule has 0 aliphatic heterocycles. The number of pyridine rings is 1. The van der Waals surface area contributed by atoms with Gasteiger partial charge in [-0.25, -0.2) is 9.97 Å². The Balaban J connectivity index is 2.25. The molecule has 88 valence electrons. The average Bonchev–Trinajstić information content (AvgIpc) is 2.40. The summed E-state index contributed by atoms with van der Waals surface area (Å²) in [6, 6.07) is 5.80. The normalized spacial score (nSPS) is 10.0. The number of rotatable bonds is 4. The number of aromatic nitrogens is 3. The van der Waals surface area contributed by atoms with E-state index in [-0.39, 0.29) is 0 Å². The standard InChI is InChI=1S/C12H15N5/c1-3-14-11-7-12(16-9-15-11)17(2)10-5-4-6-13-8-10/h4-9H,3H2,1-2H3,(H,14,15,16). The van der Waals surface area contributed by atoms with Crippen molar-refractivity contribution in [2.75, 3.05) is 23.8 Å². The average molecular weight is 229 g/mol. The van der Waals surface area contributed by atoms with Crippen molar-refractivity contribution < 1.29 is 0 Å². The van der Waals surface area contributed by atoms with Crippen molar-refractivity contribution in [3.8, 4) is 0 Å². The molecule has 0 unspecified atom stereocenters. The first-order valence-electron chi connectivity index (χ1n) is 5.51. The Labute approximate surface area is 101 Å². The van der Waals surface area contributed by atoms with E-state index in [4.69, 9.17) is 0 Å². The van der Waals surface area contributed by atoms with Gasteiger partial charge in [0.1, 0.15) is 18.0 Å². The van der Waals surface area contributed by atoms with Crippen LogP contribution >= 0.6 is 0 Å². The number of nitrogens with zero attached hydrogens (tertiary/aromatic N) is 4. The third kappa shape index (κ3) is 2.69. The van der Waals surface area contributed by atoms with E-state index in [1.807, 2.05) is 37.1 Å². The summed E-state index contributed by atoms with van der Waals surface area (Å²) >= 11 is 0. The fourth-order valence-electron chi connectivity index (χ4n) is 1.49. The van der Waals surface area contributed by atoms with Crippen LogP contribution in [-0.2, 0) is 0 Å². The summed E-state index contributed by atoms with van der Waals surface area (Å²) in [5.41, 5.74) is 0.994. The predicted octanol–water partition coefficient (Wildman–Crippen LogP) is 2.07. The summed E-state index contributed by atoms with van der Waals surface area (Å²) in [7, 11) is 1.95. The lowest BCUT2D eigenvalue weighted by molar-refractivity contribution is 1.06. The van der Waals surface area contributed by atoms with E-state index < -0.39 is 0 Å². The second-order valence-electron chi connectivity index (χ2n) is 3.56. The molecular weight excluding hydrogens is 214 g/mol. The van der Waals surface area contributed by atoms with Gasteiger partial charge in [-0.3, -0.25) is 4.98 Å². The van der Waals surface area contributed by atoms with Crippen LogP contribution in [0.2, 0.25) is 0 Å². The Morgan fingerprint density at radius 1 is 1.35 bits per heavy atom. The van der Waals surface area contributed by atoms with Crippen molar-refractivity contribution in [3.05, 3.63) is 36.9 Å². The first-order chi connectivity index (χ1) is 8.31. The molecule has 0 amide bonds. The van der Waals surface area contributed by atoms with E-state index in [0.717, 1.165) is 23.9 Å². The van der Waals surface area contributed by atoms with Crippen LogP contribution in [0.5, 0.6) is 0 Å². The molecule has 2 rings (SSSR count). The summed E-state index contributed by atoms with van der Waals surface area (Å²) in [4.78, 5) is 14.4. The molecule has 2 heterocycles. The van der Waals surface area contributed by atoms with Gasteiger partial charge in [0.15, 0.2) is 0 Å².